The normalized spacial score (nSPS) is 11.0. The monoisotopic (exact) mass is 311 g/mol. The summed E-state index contributed by atoms with van der Waals surface area (Å²) >= 11 is 0. The molecule has 0 radical (unpaired) electrons. The zero-order valence-corrected chi connectivity index (χ0v) is 12.3. The van der Waals surface area contributed by atoms with Gasteiger partial charge < -0.3 is 9.47 Å². The van der Waals surface area contributed by atoms with Crippen LogP contribution in [0.3, 0.4) is 0 Å². The second-order valence-corrected chi connectivity index (χ2v) is 5.75. The number of methoxy groups -OCH3 is 2. The number of benzene rings is 2. The smallest absolute Gasteiger partial charge is 0.264 e. The Balaban J connectivity index is 2.43. The SMILES string of the molecule is COc1ccc(OC)c(NS(=O)(=O)c2ccccc2F)c1. The van der Waals surface area contributed by atoms with Gasteiger partial charge in [0, 0.05) is 6.07 Å². The molecular formula is C14H14FNO4S. The highest BCUT2D eigenvalue weighted by atomic mass is 32.2. The summed E-state index contributed by atoms with van der Waals surface area (Å²) in [6, 6.07) is 9.76. The van der Waals surface area contributed by atoms with Crippen LogP contribution in [0.4, 0.5) is 10.1 Å². The topological polar surface area (TPSA) is 64.6 Å². The average molecular weight is 311 g/mol. The van der Waals surface area contributed by atoms with Crippen molar-refractivity contribution < 1.29 is 22.3 Å². The summed E-state index contributed by atoms with van der Waals surface area (Å²) in [4.78, 5) is -0.435. The molecule has 112 valence electrons. The zero-order chi connectivity index (χ0) is 15.5. The Hall–Kier alpha value is -2.28. The molecule has 2 aromatic rings. The van der Waals surface area contributed by atoms with Crippen molar-refractivity contribution >= 4 is 15.7 Å². The molecular weight excluding hydrogens is 297 g/mol. The fourth-order valence-electron chi connectivity index (χ4n) is 1.76. The lowest BCUT2D eigenvalue weighted by atomic mass is 10.3. The van der Waals surface area contributed by atoms with Gasteiger partial charge in [0.2, 0.25) is 0 Å². The van der Waals surface area contributed by atoms with E-state index in [0.717, 1.165) is 6.07 Å². The number of hydrogen-bond acceptors (Lipinski definition) is 4. The van der Waals surface area contributed by atoms with Gasteiger partial charge in [0.15, 0.2) is 0 Å². The summed E-state index contributed by atoms with van der Waals surface area (Å²) < 4.78 is 50.5. The van der Waals surface area contributed by atoms with Crippen molar-refractivity contribution in [2.45, 2.75) is 4.90 Å². The maximum Gasteiger partial charge on any atom is 0.264 e. The van der Waals surface area contributed by atoms with E-state index in [1.807, 2.05) is 0 Å². The lowest BCUT2D eigenvalue weighted by Gasteiger charge is -2.13. The first kappa shape index (κ1) is 15.1. The molecule has 0 unspecified atom stereocenters. The summed E-state index contributed by atoms with van der Waals surface area (Å²) in [7, 11) is -1.20. The van der Waals surface area contributed by atoms with Gasteiger partial charge in [-0.25, -0.2) is 12.8 Å². The number of anilines is 1. The fourth-order valence-corrected chi connectivity index (χ4v) is 2.90. The third kappa shape index (κ3) is 3.25. The van der Waals surface area contributed by atoms with Crippen LogP contribution in [0.25, 0.3) is 0 Å². The van der Waals surface area contributed by atoms with Crippen LogP contribution in [0.1, 0.15) is 0 Å². The third-order valence-corrected chi connectivity index (χ3v) is 4.18. The molecule has 0 bridgehead atoms. The molecule has 5 nitrogen and oxygen atoms in total. The minimum atomic E-state index is -4.06. The molecule has 7 heteroatoms. The molecule has 0 aliphatic rings. The number of hydrogen-bond donors (Lipinski definition) is 1. The molecule has 0 spiro atoms. The molecule has 0 amide bonds. The summed E-state index contributed by atoms with van der Waals surface area (Å²) in [5, 5.41) is 0. The fraction of sp³-hybridized carbons (Fsp3) is 0.143. The average Bonchev–Trinajstić information content (AvgIpc) is 2.47. The van der Waals surface area contributed by atoms with Gasteiger partial charge in [-0.3, -0.25) is 4.72 Å². The van der Waals surface area contributed by atoms with Crippen LogP contribution in [0.15, 0.2) is 47.4 Å². The molecule has 0 aliphatic heterocycles. The molecule has 2 aromatic carbocycles. The predicted octanol–water partition coefficient (Wildman–Crippen LogP) is 2.64. The Labute approximate surface area is 122 Å². The van der Waals surface area contributed by atoms with E-state index in [4.69, 9.17) is 9.47 Å². The Bertz CT molecular complexity index is 746. The van der Waals surface area contributed by atoms with Crippen molar-refractivity contribution in [2.24, 2.45) is 0 Å². The molecule has 0 aromatic heterocycles. The molecule has 0 fully saturated rings. The molecule has 0 saturated carbocycles. The Morgan fingerprint density at radius 3 is 2.38 bits per heavy atom. The van der Waals surface area contributed by atoms with E-state index < -0.39 is 20.7 Å². The lowest BCUT2D eigenvalue weighted by Crippen LogP contribution is -2.15. The maximum atomic E-state index is 13.6. The van der Waals surface area contributed by atoms with Crippen molar-refractivity contribution in [3.8, 4) is 11.5 Å². The van der Waals surface area contributed by atoms with Crippen molar-refractivity contribution in [3.63, 3.8) is 0 Å². The van der Waals surface area contributed by atoms with Crippen LogP contribution < -0.4 is 14.2 Å². The van der Waals surface area contributed by atoms with Crippen LogP contribution in [0.5, 0.6) is 11.5 Å². The molecule has 21 heavy (non-hydrogen) atoms. The maximum absolute atomic E-state index is 13.6. The van der Waals surface area contributed by atoms with Crippen LogP contribution in [-0.2, 0) is 10.0 Å². The van der Waals surface area contributed by atoms with E-state index in [-0.39, 0.29) is 5.69 Å². The van der Waals surface area contributed by atoms with Crippen LogP contribution in [-0.4, -0.2) is 22.6 Å². The zero-order valence-electron chi connectivity index (χ0n) is 11.5. The first-order chi connectivity index (χ1) is 9.97. The van der Waals surface area contributed by atoms with Gasteiger partial charge in [-0.05, 0) is 24.3 Å². The van der Waals surface area contributed by atoms with Crippen molar-refractivity contribution in [1.82, 2.24) is 0 Å². The van der Waals surface area contributed by atoms with E-state index in [2.05, 4.69) is 4.72 Å². The standard InChI is InChI=1S/C14H14FNO4S/c1-19-10-7-8-13(20-2)12(9-10)16-21(17,18)14-6-4-3-5-11(14)15/h3-9,16H,1-2H3. The van der Waals surface area contributed by atoms with E-state index in [1.54, 1.807) is 12.1 Å². The third-order valence-electron chi connectivity index (χ3n) is 2.78. The Morgan fingerprint density at radius 1 is 1.05 bits per heavy atom. The van der Waals surface area contributed by atoms with E-state index >= 15 is 0 Å². The van der Waals surface area contributed by atoms with Gasteiger partial charge in [-0.2, -0.15) is 0 Å². The van der Waals surface area contributed by atoms with E-state index in [1.165, 1.54) is 38.5 Å². The minimum absolute atomic E-state index is 0.167. The van der Waals surface area contributed by atoms with E-state index in [0.29, 0.717) is 11.5 Å². The highest BCUT2D eigenvalue weighted by Gasteiger charge is 2.20. The summed E-state index contributed by atoms with van der Waals surface area (Å²) in [6.07, 6.45) is 0. The van der Waals surface area contributed by atoms with Gasteiger partial charge in [0.25, 0.3) is 10.0 Å². The Kier molecular flexibility index (Phi) is 4.32. The number of rotatable bonds is 5. The molecule has 0 saturated heterocycles. The summed E-state index contributed by atoms with van der Waals surface area (Å²) in [5.74, 6) is -0.0791. The van der Waals surface area contributed by atoms with Crippen molar-refractivity contribution in [3.05, 3.63) is 48.3 Å². The van der Waals surface area contributed by atoms with Gasteiger partial charge in [-0.1, -0.05) is 12.1 Å². The number of nitrogens with one attached hydrogen (secondary N) is 1. The second kappa shape index (κ2) is 6.01. The first-order valence-electron chi connectivity index (χ1n) is 5.97. The highest BCUT2D eigenvalue weighted by Crippen LogP contribution is 2.31. The number of ether oxygens (including phenoxy) is 2. The van der Waals surface area contributed by atoms with Crippen molar-refractivity contribution in [1.29, 1.82) is 0 Å². The molecule has 0 aliphatic carbocycles. The highest BCUT2D eigenvalue weighted by molar-refractivity contribution is 7.92. The Morgan fingerprint density at radius 2 is 1.76 bits per heavy atom. The minimum Gasteiger partial charge on any atom is -0.497 e. The second-order valence-electron chi connectivity index (χ2n) is 4.10. The van der Waals surface area contributed by atoms with Crippen LogP contribution >= 0.6 is 0 Å². The summed E-state index contributed by atoms with van der Waals surface area (Å²) in [5.41, 5.74) is 0.167. The van der Waals surface area contributed by atoms with Gasteiger partial charge in [0.1, 0.15) is 22.2 Å². The van der Waals surface area contributed by atoms with Gasteiger partial charge in [-0.15, -0.1) is 0 Å². The predicted molar refractivity (Wildman–Crippen MR) is 76.8 cm³/mol. The quantitative estimate of drug-likeness (QED) is 0.922. The van der Waals surface area contributed by atoms with E-state index in [9.17, 15) is 12.8 Å². The lowest BCUT2D eigenvalue weighted by molar-refractivity contribution is 0.405. The molecule has 2 rings (SSSR count). The number of sulfonamides is 1. The molecule has 0 atom stereocenters. The van der Waals surface area contributed by atoms with Gasteiger partial charge >= 0.3 is 0 Å². The van der Waals surface area contributed by atoms with Gasteiger partial charge in [0.05, 0.1) is 19.9 Å². The largest absolute Gasteiger partial charge is 0.497 e. The van der Waals surface area contributed by atoms with Crippen LogP contribution in [0, 0.1) is 5.82 Å². The van der Waals surface area contributed by atoms with Crippen LogP contribution in [0.2, 0.25) is 0 Å². The molecule has 1 N–H and O–H groups in total. The van der Waals surface area contributed by atoms with Crippen molar-refractivity contribution in [2.75, 3.05) is 18.9 Å². The number of halogens is 1. The molecule has 0 heterocycles. The summed E-state index contributed by atoms with van der Waals surface area (Å²) in [6.45, 7) is 0. The first-order valence-corrected chi connectivity index (χ1v) is 7.45.